The van der Waals surface area contributed by atoms with Gasteiger partial charge in [0.05, 0.1) is 18.2 Å². The van der Waals surface area contributed by atoms with Crippen molar-refractivity contribution in [3.05, 3.63) is 75.7 Å². The van der Waals surface area contributed by atoms with E-state index in [9.17, 15) is 4.79 Å². The van der Waals surface area contributed by atoms with E-state index in [1.54, 1.807) is 11.3 Å². The Morgan fingerprint density at radius 3 is 2.56 bits per heavy atom. The Labute approximate surface area is 160 Å². The molecule has 1 N–H and O–H groups in total. The van der Waals surface area contributed by atoms with Crippen LogP contribution in [0.25, 0.3) is 10.6 Å². The summed E-state index contributed by atoms with van der Waals surface area (Å²) < 4.78 is 1.04. The number of rotatable bonds is 6. The molecule has 0 aliphatic carbocycles. The van der Waals surface area contributed by atoms with Gasteiger partial charge in [-0.05, 0) is 24.1 Å². The molecule has 0 saturated heterocycles. The van der Waals surface area contributed by atoms with E-state index in [2.05, 4.69) is 33.2 Å². The van der Waals surface area contributed by atoms with Crippen molar-refractivity contribution in [3.8, 4) is 10.6 Å². The van der Waals surface area contributed by atoms with Gasteiger partial charge in [-0.3, -0.25) is 4.79 Å². The van der Waals surface area contributed by atoms with Gasteiger partial charge in [0.2, 0.25) is 5.91 Å². The van der Waals surface area contributed by atoms with Crippen molar-refractivity contribution in [2.75, 3.05) is 0 Å². The fourth-order valence-electron chi connectivity index (χ4n) is 2.63. The second-order valence-corrected chi connectivity index (χ2v) is 7.54. The predicted molar refractivity (Wildman–Crippen MR) is 107 cm³/mol. The largest absolute Gasteiger partial charge is 0.349 e. The van der Waals surface area contributed by atoms with Crippen LogP contribution < -0.4 is 5.32 Å². The molecule has 2 aromatic carbocycles. The lowest BCUT2D eigenvalue weighted by molar-refractivity contribution is -0.121. The number of thiazole rings is 1. The summed E-state index contributed by atoms with van der Waals surface area (Å²) in [4.78, 5) is 17.0. The van der Waals surface area contributed by atoms with E-state index in [0.717, 1.165) is 32.7 Å². The molecular formula is C20H19BrN2OS. The van der Waals surface area contributed by atoms with Crippen molar-refractivity contribution in [2.45, 2.75) is 25.8 Å². The minimum absolute atomic E-state index is 0.000296. The quantitative estimate of drug-likeness (QED) is 0.587. The van der Waals surface area contributed by atoms with Crippen LogP contribution in [0.3, 0.4) is 0 Å². The lowest BCUT2D eigenvalue weighted by Gasteiger charge is -2.17. The van der Waals surface area contributed by atoms with E-state index in [-0.39, 0.29) is 11.9 Å². The van der Waals surface area contributed by atoms with Gasteiger partial charge in [0.15, 0.2) is 0 Å². The summed E-state index contributed by atoms with van der Waals surface area (Å²) in [5, 5.41) is 6.02. The summed E-state index contributed by atoms with van der Waals surface area (Å²) in [5.41, 5.74) is 3.01. The molecule has 3 rings (SSSR count). The van der Waals surface area contributed by atoms with Crippen LogP contribution in [0.4, 0.5) is 0 Å². The maximum absolute atomic E-state index is 12.4. The van der Waals surface area contributed by atoms with Gasteiger partial charge in [-0.2, -0.15) is 0 Å². The number of carbonyl (C=O) groups is 1. The van der Waals surface area contributed by atoms with Crippen LogP contribution in [0.1, 0.15) is 30.6 Å². The van der Waals surface area contributed by atoms with E-state index in [0.29, 0.717) is 6.42 Å². The summed E-state index contributed by atoms with van der Waals surface area (Å²) in [6, 6.07) is 18.1. The summed E-state index contributed by atoms with van der Waals surface area (Å²) in [7, 11) is 0. The number of hydrogen-bond donors (Lipinski definition) is 1. The molecule has 3 aromatic rings. The predicted octanol–water partition coefficient (Wildman–Crippen LogP) is 5.38. The number of benzene rings is 2. The minimum atomic E-state index is -0.000296. The van der Waals surface area contributed by atoms with Gasteiger partial charge in [0.25, 0.3) is 0 Å². The number of nitrogens with zero attached hydrogens (tertiary/aromatic N) is 1. The molecule has 3 nitrogen and oxygen atoms in total. The fourth-order valence-corrected chi connectivity index (χ4v) is 3.72. The molecule has 0 spiro atoms. The Hall–Kier alpha value is -1.98. The minimum Gasteiger partial charge on any atom is -0.349 e. The molecule has 0 radical (unpaired) electrons. The second-order valence-electron chi connectivity index (χ2n) is 5.77. The summed E-state index contributed by atoms with van der Waals surface area (Å²) >= 11 is 5.01. The van der Waals surface area contributed by atoms with Gasteiger partial charge in [0, 0.05) is 15.4 Å². The Balaban J connectivity index is 1.64. The highest BCUT2D eigenvalue weighted by atomic mass is 79.9. The second kappa shape index (κ2) is 8.41. The first-order valence-corrected chi connectivity index (χ1v) is 9.87. The Kier molecular flexibility index (Phi) is 6.00. The first-order chi connectivity index (χ1) is 12.2. The van der Waals surface area contributed by atoms with Gasteiger partial charge >= 0.3 is 0 Å². The molecule has 1 aromatic heterocycles. The topological polar surface area (TPSA) is 42.0 Å². The summed E-state index contributed by atoms with van der Waals surface area (Å²) in [5.74, 6) is -0.000296. The average Bonchev–Trinajstić information content (AvgIpc) is 3.10. The zero-order valence-corrected chi connectivity index (χ0v) is 16.3. The summed E-state index contributed by atoms with van der Waals surface area (Å²) in [6.45, 7) is 2.07. The van der Waals surface area contributed by atoms with Crippen molar-refractivity contribution in [3.63, 3.8) is 0 Å². The molecule has 0 bridgehead atoms. The third-order valence-electron chi connectivity index (χ3n) is 3.93. The molecule has 1 unspecified atom stereocenters. The normalized spacial score (nSPS) is 11.9. The third-order valence-corrected chi connectivity index (χ3v) is 5.40. The molecule has 128 valence electrons. The maximum atomic E-state index is 12.4. The van der Waals surface area contributed by atoms with Gasteiger partial charge in [-0.1, -0.05) is 65.3 Å². The Morgan fingerprint density at radius 1 is 1.16 bits per heavy atom. The highest BCUT2D eigenvalue weighted by Gasteiger charge is 2.14. The Morgan fingerprint density at radius 2 is 1.88 bits per heavy atom. The number of carbonyl (C=O) groups excluding carboxylic acids is 1. The van der Waals surface area contributed by atoms with E-state index in [1.165, 1.54) is 0 Å². The van der Waals surface area contributed by atoms with E-state index in [1.807, 2.05) is 60.0 Å². The average molecular weight is 415 g/mol. The molecule has 1 heterocycles. The Bertz CT molecular complexity index is 830. The number of aromatic nitrogens is 1. The van der Waals surface area contributed by atoms with Crippen LogP contribution >= 0.6 is 27.3 Å². The van der Waals surface area contributed by atoms with Gasteiger partial charge < -0.3 is 5.32 Å². The van der Waals surface area contributed by atoms with Crippen LogP contribution in [0, 0.1) is 0 Å². The summed E-state index contributed by atoms with van der Waals surface area (Å²) in [6.07, 6.45) is 1.15. The molecular weight excluding hydrogens is 396 g/mol. The lowest BCUT2D eigenvalue weighted by Crippen LogP contribution is -2.29. The monoisotopic (exact) mass is 414 g/mol. The van der Waals surface area contributed by atoms with Crippen LogP contribution in [0.5, 0.6) is 0 Å². The number of amides is 1. The number of nitrogens with one attached hydrogen (secondary N) is 1. The number of hydrogen-bond acceptors (Lipinski definition) is 3. The third kappa shape index (κ3) is 4.77. The number of halogens is 1. The van der Waals surface area contributed by atoms with Crippen molar-refractivity contribution in [1.82, 2.24) is 10.3 Å². The molecule has 5 heteroatoms. The van der Waals surface area contributed by atoms with Gasteiger partial charge in [-0.25, -0.2) is 4.98 Å². The molecule has 25 heavy (non-hydrogen) atoms. The first-order valence-electron chi connectivity index (χ1n) is 8.20. The standard InChI is InChI=1S/C20H19BrN2OS/c1-2-18(14-8-10-16(21)11-9-14)23-19(24)12-17-13-25-20(22-17)15-6-4-3-5-7-15/h3-11,13,18H,2,12H2,1H3,(H,23,24). The SMILES string of the molecule is CCC(NC(=O)Cc1csc(-c2ccccc2)n1)c1ccc(Br)cc1. The van der Waals surface area contributed by atoms with E-state index in [4.69, 9.17) is 0 Å². The smallest absolute Gasteiger partial charge is 0.226 e. The first kappa shape index (κ1) is 17.8. The van der Waals surface area contributed by atoms with Crippen molar-refractivity contribution in [2.24, 2.45) is 0 Å². The van der Waals surface area contributed by atoms with Crippen LogP contribution in [0.15, 0.2) is 64.5 Å². The maximum Gasteiger partial charge on any atom is 0.226 e. The molecule has 0 aliphatic heterocycles. The van der Waals surface area contributed by atoms with E-state index >= 15 is 0 Å². The van der Waals surface area contributed by atoms with Crippen molar-refractivity contribution in [1.29, 1.82) is 0 Å². The van der Waals surface area contributed by atoms with E-state index < -0.39 is 0 Å². The molecule has 1 atom stereocenters. The zero-order valence-electron chi connectivity index (χ0n) is 13.9. The van der Waals surface area contributed by atoms with Crippen molar-refractivity contribution < 1.29 is 4.79 Å². The van der Waals surface area contributed by atoms with Gasteiger partial charge in [0.1, 0.15) is 5.01 Å². The molecule has 1 amide bonds. The highest BCUT2D eigenvalue weighted by molar-refractivity contribution is 9.10. The lowest BCUT2D eigenvalue weighted by atomic mass is 10.0. The highest BCUT2D eigenvalue weighted by Crippen LogP contribution is 2.24. The van der Waals surface area contributed by atoms with Crippen molar-refractivity contribution >= 4 is 33.2 Å². The molecule has 0 saturated carbocycles. The van der Waals surface area contributed by atoms with Crippen LogP contribution in [-0.4, -0.2) is 10.9 Å². The fraction of sp³-hybridized carbons (Fsp3) is 0.200. The molecule has 0 fully saturated rings. The molecule has 0 aliphatic rings. The van der Waals surface area contributed by atoms with Gasteiger partial charge in [-0.15, -0.1) is 11.3 Å². The van der Waals surface area contributed by atoms with Crippen LogP contribution in [0.2, 0.25) is 0 Å². The van der Waals surface area contributed by atoms with Crippen LogP contribution in [-0.2, 0) is 11.2 Å². The zero-order chi connectivity index (χ0) is 17.6.